The van der Waals surface area contributed by atoms with Crippen molar-refractivity contribution in [2.24, 2.45) is 0 Å². The maximum absolute atomic E-state index is 13.3. The number of benzene rings is 2. The minimum Gasteiger partial charge on any atom is -0.166 e. The molecule has 0 unspecified atom stereocenters. The number of alkyl halides is 3. The zero-order valence-electron chi connectivity index (χ0n) is 13.5. The fourth-order valence-electron chi connectivity index (χ4n) is 2.67. The molecule has 130 valence electrons. The molecule has 0 heterocycles. The lowest BCUT2D eigenvalue weighted by atomic mass is 10.1. The Balaban J connectivity index is 2.46. The standard InChI is InChI=1S/C18H17Br2F3S/c1-4-13-10(3)6-11(8-16(13)19)24-12-7-15(18(21,22)23)14(5-2)17(20)9-12/h6-9H,4-5H2,1-3H3. The Morgan fingerprint density at radius 3 is 1.83 bits per heavy atom. The van der Waals surface area contributed by atoms with Gasteiger partial charge in [-0.2, -0.15) is 13.2 Å². The van der Waals surface area contributed by atoms with Crippen molar-refractivity contribution >= 4 is 43.6 Å². The normalized spacial score (nSPS) is 11.8. The van der Waals surface area contributed by atoms with Gasteiger partial charge in [-0.25, -0.2) is 0 Å². The summed E-state index contributed by atoms with van der Waals surface area (Å²) >= 11 is 8.18. The van der Waals surface area contributed by atoms with Crippen molar-refractivity contribution in [2.45, 2.75) is 49.6 Å². The Labute approximate surface area is 161 Å². The molecule has 6 heteroatoms. The molecule has 0 saturated carbocycles. The van der Waals surface area contributed by atoms with Crippen LogP contribution in [0.5, 0.6) is 0 Å². The van der Waals surface area contributed by atoms with Gasteiger partial charge in [0.05, 0.1) is 5.56 Å². The van der Waals surface area contributed by atoms with Gasteiger partial charge in [-0.05, 0) is 60.7 Å². The summed E-state index contributed by atoms with van der Waals surface area (Å²) in [5.74, 6) is 0. The van der Waals surface area contributed by atoms with Crippen molar-refractivity contribution in [1.82, 2.24) is 0 Å². The van der Waals surface area contributed by atoms with Gasteiger partial charge in [0.25, 0.3) is 0 Å². The largest absolute Gasteiger partial charge is 0.416 e. The third-order valence-corrected chi connectivity index (χ3v) is 6.17. The van der Waals surface area contributed by atoms with Gasteiger partial charge in [-0.15, -0.1) is 0 Å². The molecule has 0 nitrogen and oxygen atoms in total. The number of aryl methyl sites for hydroxylation is 1. The molecule has 0 aliphatic heterocycles. The SMILES string of the molecule is CCc1c(C)cc(Sc2cc(Br)c(CC)c(C(F)(F)F)c2)cc1Br. The summed E-state index contributed by atoms with van der Waals surface area (Å²) in [7, 11) is 0. The molecule has 24 heavy (non-hydrogen) atoms. The van der Waals surface area contributed by atoms with Crippen molar-refractivity contribution in [3.63, 3.8) is 0 Å². The second-order valence-electron chi connectivity index (χ2n) is 5.44. The van der Waals surface area contributed by atoms with Gasteiger partial charge < -0.3 is 0 Å². The van der Waals surface area contributed by atoms with Crippen LogP contribution in [-0.2, 0) is 19.0 Å². The Kier molecular flexibility index (Phi) is 6.48. The minimum atomic E-state index is -4.35. The van der Waals surface area contributed by atoms with Gasteiger partial charge >= 0.3 is 6.18 Å². The van der Waals surface area contributed by atoms with Crippen molar-refractivity contribution in [3.05, 3.63) is 55.5 Å². The Hall–Kier alpha value is -0.460. The lowest BCUT2D eigenvalue weighted by molar-refractivity contribution is -0.138. The van der Waals surface area contributed by atoms with Crippen LogP contribution in [-0.4, -0.2) is 0 Å². The molecule has 0 N–H and O–H groups in total. The van der Waals surface area contributed by atoms with Crippen molar-refractivity contribution < 1.29 is 13.2 Å². The van der Waals surface area contributed by atoms with Gasteiger partial charge in [0.2, 0.25) is 0 Å². The average Bonchev–Trinajstić information content (AvgIpc) is 2.45. The quantitative estimate of drug-likeness (QED) is 0.429. The first kappa shape index (κ1) is 19.9. The van der Waals surface area contributed by atoms with Gasteiger partial charge in [-0.3, -0.25) is 0 Å². The topological polar surface area (TPSA) is 0 Å². The molecule has 0 aromatic heterocycles. The van der Waals surface area contributed by atoms with Crippen LogP contribution in [0.25, 0.3) is 0 Å². The van der Waals surface area contributed by atoms with E-state index in [2.05, 4.69) is 38.8 Å². The van der Waals surface area contributed by atoms with E-state index < -0.39 is 11.7 Å². The highest BCUT2D eigenvalue weighted by atomic mass is 79.9. The fraction of sp³-hybridized carbons (Fsp3) is 0.333. The van der Waals surface area contributed by atoms with E-state index in [-0.39, 0.29) is 0 Å². The number of rotatable bonds is 4. The number of halogens is 5. The highest BCUT2D eigenvalue weighted by molar-refractivity contribution is 9.10. The molecular formula is C18H17Br2F3S. The van der Waals surface area contributed by atoms with Crippen LogP contribution in [0.15, 0.2) is 43.0 Å². The molecule has 0 saturated heterocycles. The average molecular weight is 482 g/mol. The van der Waals surface area contributed by atoms with Crippen LogP contribution >= 0.6 is 43.6 Å². The second-order valence-corrected chi connectivity index (χ2v) is 8.29. The molecule has 0 bridgehead atoms. The predicted molar refractivity (Wildman–Crippen MR) is 101 cm³/mol. The zero-order valence-corrected chi connectivity index (χ0v) is 17.5. The summed E-state index contributed by atoms with van der Waals surface area (Å²) in [6, 6.07) is 6.98. The third-order valence-electron chi connectivity index (χ3n) is 3.81. The molecular weight excluding hydrogens is 465 g/mol. The van der Waals surface area contributed by atoms with E-state index in [0.717, 1.165) is 21.4 Å². The van der Waals surface area contributed by atoms with Crippen LogP contribution in [0, 0.1) is 6.92 Å². The first-order valence-electron chi connectivity index (χ1n) is 7.53. The third kappa shape index (κ3) is 4.38. The van der Waals surface area contributed by atoms with E-state index in [9.17, 15) is 13.2 Å². The van der Waals surface area contributed by atoms with Gasteiger partial charge in [-0.1, -0.05) is 57.5 Å². The summed E-state index contributed by atoms with van der Waals surface area (Å²) in [6.07, 6.45) is -3.12. The summed E-state index contributed by atoms with van der Waals surface area (Å²) in [6.45, 7) is 5.83. The van der Waals surface area contributed by atoms with Crippen molar-refractivity contribution in [1.29, 1.82) is 0 Å². The van der Waals surface area contributed by atoms with Crippen molar-refractivity contribution in [2.75, 3.05) is 0 Å². The Morgan fingerprint density at radius 1 is 0.875 bits per heavy atom. The number of hydrogen-bond acceptors (Lipinski definition) is 1. The fourth-order valence-corrected chi connectivity index (χ4v) is 5.59. The lowest BCUT2D eigenvalue weighted by Crippen LogP contribution is -2.09. The lowest BCUT2D eigenvalue weighted by Gasteiger charge is -2.16. The Bertz CT molecular complexity index is 732. The van der Waals surface area contributed by atoms with Crippen LogP contribution in [0.1, 0.15) is 36.1 Å². The molecule has 0 fully saturated rings. The van der Waals surface area contributed by atoms with E-state index in [1.807, 2.05) is 19.1 Å². The predicted octanol–water partition coefficient (Wildman–Crippen LogP) is 7.81. The molecule has 0 spiro atoms. The van der Waals surface area contributed by atoms with E-state index in [1.165, 1.54) is 23.4 Å². The zero-order chi connectivity index (χ0) is 18.1. The Morgan fingerprint density at radius 2 is 1.38 bits per heavy atom. The highest BCUT2D eigenvalue weighted by Gasteiger charge is 2.34. The molecule has 2 rings (SSSR count). The smallest absolute Gasteiger partial charge is 0.166 e. The van der Waals surface area contributed by atoms with Crippen molar-refractivity contribution in [3.8, 4) is 0 Å². The summed E-state index contributed by atoms with van der Waals surface area (Å²) < 4.78 is 41.5. The monoisotopic (exact) mass is 480 g/mol. The summed E-state index contributed by atoms with van der Waals surface area (Å²) in [5.41, 5.74) is 2.08. The van der Waals surface area contributed by atoms with Gasteiger partial charge in [0.15, 0.2) is 0 Å². The second kappa shape index (κ2) is 7.83. The maximum atomic E-state index is 13.3. The van der Waals surface area contributed by atoms with E-state index in [0.29, 0.717) is 21.4 Å². The summed E-state index contributed by atoms with van der Waals surface area (Å²) in [4.78, 5) is 1.49. The van der Waals surface area contributed by atoms with E-state index in [1.54, 1.807) is 13.0 Å². The molecule has 0 aliphatic rings. The van der Waals surface area contributed by atoms with E-state index in [4.69, 9.17) is 0 Å². The first-order chi connectivity index (χ1) is 11.2. The molecule has 0 aliphatic carbocycles. The first-order valence-corrected chi connectivity index (χ1v) is 9.94. The molecule has 0 atom stereocenters. The highest BCUT2D eigenvalue weighted by Crippen LogP contribution is 2.41. The van der Waals surface area contributed by atoms with E-state index >= 15 is 0 Å². The van der Waals surface area contributed by atoms with Crippen LogP contribution in [0.4, 0.5) is 13.2 Å². The van der Waals surface area contributed by atoms with Crippen LogP contribution in [0.2, 0.25) is 0 Å². The van der Waals surface area contributed by atoms with Crippen LogP contribution in [0.3, 0.4) is 0 Å². The molecule has 0 amide bonds. The van der Waals surface area contributed by atoms with Gasteiger partial charge in [0, 0.05) is 18.7 Å². The maximum Gasteiger partial charge on any atom is 0.416 e. The van der Waals surface area contributed by atoms with Gasteiger partial charge in [0.1, 0.15) is 0 Å². The summed E-state index contributed by atoms with van der Waals surface area (Å²) in [5, 5.41) is 0. The molecule has 0 radical (unpaired) electrons. The minimum absolute atomic E-state index is 0.297. The molecule has 2 aromatic rings. The number of hydrogen-bond donors (Lipinski definition) is 0. The molecule has 2 aromatic carbocycles. The van der Waals surface area contributed by atoms with Crippen LogP contribution < -0.4 is 0 Å².